The molecule has 3 rings (SSSR count). The van der Waals surface area contributed by atoms with Crippen molar-refractivity contribution in [2.24, 2.45) is 5.73 Å². The van der Waals surface area contributed by atoms with Crippen LogP contribution in [-0.4, -0.2) is 21.6 Å². The zero-order valence-corrected chi connectivity index (χ0v) is 14.0. The second-order valence-electron chi connectivity index (χ2n) is 4.96. The summed E-state index contributed by atoms with van der Waals surface area (Å²) in [7, 11) is 0. The fourth-order valence-electron chi connectivity index (χ4n) is 2.34. The number of nitrogens with zero attached hydrogens (tertiary/aromatic N) is 2. The van der Waals surface area contributed by atoms with Crippen molar-refractivity contribution in [1.29, 1.82) is 0 Å². The van der Waals surface area contributed by atoms with Gasteiger partial charge in [-0.05, 0) is 24.6 Å². The molecule has 1 amide bonds. The fraction of sp³-hybridized carbons (Fsp3) is 0.188. The first-order chi connectivity index (χ1) is 11.1. The van der Waals surface area contributed by atoms with Crippen molar-refractivity contribution < 1.29 is 9.18 Å². The minimum absolute atomic E-state index is 0.266. The third-order valence-electron chi connectivity index (χ3n) is 3.35. The number of carbonyl (C=O) groups is 1. The lowest BCUT2D eigenvalue weighted by atomic mass is 10.0. The van der Waals surface area contributed by atoms with E-state index < -0.39 is 0 Å². The maximum atomic E-state index is 13.2. The highest BCUT2D eigenvalue weighted by Crippen LogP contribution is 2.41. The smallest absolute Gasteiger partial charge is 0.218 e. The van der Waals surface area contributed by atoms with Crippen molar-refractivity contribution in [1.82, 2.24) is 9.97 Å². The number of hydrogen-bond acceptors (Lipinski definition) is 5. The van der Waals surface area contributed by atoms with Crippen LogP contribution in [0.3, 0.4) is 0 Å². The topological polar surface area (TPSA) is 68.9 Å². The molecule has 0 saturated heterocycles. The summed E-state index contributed by atoms with van der Waals surface area (Å²) in [6, 6.07) is 6.41. The lowest BCUT2D eigenvalue weighted by Crippen LogP contribution is -2.10. The summed E-state index contributed by atoms with van der Waals surface area (Å²) >= 11 is 3.07. The number of aromatic nitrogens is 2. The Hall–Kier alpha value is -1.99. The highest BCUT2D eigenvalue weighted by molar-refractivity contribution is 7.99. The molecule has 118 valence electrons. The Bertz CT molecular complexity index is 862. The van der Waals surface area contributed by atoms with Gasteiger partial charge in [-0.3, -0.25) is 4.79 Å². The van der Waals surface area contributed by atoms with Gasteiger partial charge in [-0.1, -0.05) is 12.1 Å². The van der Waals surface area contributed by atoms with E-state index in [4.69, 9.17) is 5.73 Å². The summed E-state index contributed by atoms with van der Waals surface area (Å²) in [5.41, 5.74) is 7.14. The van der Waals surface area contributed by atoms with Crippen molar-refractivity contribution in [3.63, 3.8) is 0 Å². The first kappa shape index (κ1) is 15.9. The number of halogens is 1. The molecule has 1 aromatic carbocycles. The summed E-state index contributed by atoms with van der Waals surface area (Å²) in [5, 5.41) is 1.77. The predicted octanol–water partition coefficient (Wildman–Crippen LogP) is 3.77. The van der Waals surface area contributed by atoms with Gasteiger partial charge in [-0.25, -0.2) is 14.4 Å². The molecule has 3 aromatic rings. The first-order valence-electron chi connectivity index (χ1n) is 6.97. The number of primary amides is 1. The van der Waals surface area contributed by atoms with Crippen LogP contribution >= 0.6 is 23.1 Å². The maximum absolute atomic E-state index is 13.2. The van der Waals surface area contributed by atoms with Crippen molar-refractivity contribution in [3.8, 4) is 11.1 Å². The Morgan fingerprint density at radius 3 is 2.74 bits per heavy atom. The Balaban J connectivity index is 2.08. The summed E-state index contributed by atoms with van der Waals surface area (Å²) < 4.78 is 13.2. The summed E-state index contributed by atoms with van der Waals surface area (Å²) in [5.74, 6) is -0.0274. The highest BCUT2D eigenvalue weighted by atomic mass is 32.2. The molecule has 0 bridgehead atoms. The maximum Gasteiger partial charge on any atom is 0.218 e. The van der Waals surface area contributed by atoms with Crippen LogP contribution in [0.1, 0.15) is 11.3 Å². The van der Waals surface area contributed by atoms with Crippen molar-refractivity contribution in [2.75, 3.05) is 5.75 Å². The number of carbonyl (C=O) groups excluding carboxylic acids is 1. The predicted molar refractivity (Wildman–Crippen MR) is 92.1 cm³/mol. The van der Waals surface area contributed by atoms with Crippen LogP contribution in [-0.2, 0) is 4.79 Å². The molecule has 0 aliphatic carbocycles. The number of thioether (sulfide) groups is 1. The number of rotatable bonds is 5. The molecule has 2 heterocycles. The number of thiophene rings is 1. The second-order valence-corrected chi connectivity index (χ2v) is 7.25. The molecule has 0 radical (unpaired) electrons. The van der Waals surface area contributed by atoms with Gasteiger partial charge in [0.1, 0.15) is 22.0 Å². The monoisotopic (exact) mass is 347 g/mol. The molecule has 23 heavy (non-hydrogen) atoms. The number of fused-ring (bicyclic) bond motifs is 1. The van der Waals surface area contributed by atoms with E-state index in [0.717, 1.165) is 31.2 Å². The first-order valence-corrected chi connectivity index (χ1v) is 8.77. The number of hydrogen-bond donors (Lipinski definition) is 1. The van der Waals surface area contributed by atoms with Gasteiger partial charge >= 0.3 is 0 Å². The van der Waals surface area contributed by atoms with E-state index in [1.165, 1.54) is 30.2 Å². The molecule has 0 saturated carbocycles. The van der Waals surface area contributed by atoms with Crippen LogP contribution in [0, 0.1) is 12.7 Å². The zero-order chi connectivity index (χ0) is 16.4. The number of benzene rings is 1. The third-order valence-corrected chi connectivity index (χ3v) is 5.35. The van der Waals surface area contributed by atoms with Gasteiger partial charge in [0.15, 0.2) is 0 Å². The van der Waals surface area contributed by atoms with Gasteiger partial charge < -0.3 is 5.73 Å². The van der Waals surface area contributed by atoms with E-state index in [2.05, 4.69) is 9.97 Å². The van der Waals surface area contributed by atoms with Gasteiger partial charge in [0.2, 0.25) is 5.91 Å². The van der Waals surface area contributed by atoms with Gasteiger partial charge in [0.05, 0.1) is 5.39 Å². The highest BCUT2D eigenvalue weighted by Gasteiger charge is 2.17. The molecule has 0 fully saturated rings. The zero-order valence-electron chi connectivity index (χ0n) is 12.4. The number of nitrogens with two attached hydrogens (primary N) is 1. The molecular formula is C16H14FN3OS2. The van der Waals surface area contributed by atoms with Gasteiger partial charge in [0.25, 0.3) is 0 Å². The van der Waals surface area contributed by atoms with E-state index in [1.54, 1.807) is 23.5 Å². The molecule has 0 aliphatic rings. The van der Waals surface area contributed by atoms with Crippen LogP contribution in [0.4, 0.5) is 4.39 Å². The molecule has 4 nitrogen and oxygen atoms in total. The van der Waals surface area contributed by atoms with Crippen molar-refractivity contribution >= 4 is 39.2 Å². The van der Waals surface area contributed by atoms with Crippen LogP contribution in [0.5, 0.6) is 0 Å². The van der Waals surface area contributed by atoms with E-state index in [-0.39, 0.29) is 11.7 Å². The number of amides is 1. The fourth-order valence-corrected chi connectivity index (χ4v) is 4.38. The standard InChI is InChI=1S/C16H14FN3OS2/c1-9-13(10-2-4-11(17)5-3-10)14-15(22-7-6-12(18)21)19-8-20-16(14)23-9/h2-5,8H,6-7H2,1H3,(H2,18,21). The average molecular weight is 347 g/mol. The molecule has 0 unspecified atom stereocenters. The van der Waals surface area contributed by atoms with Gasteiger partial charge in [-0.2, -0.15) is 0 Å². The SMILES string of the molecule is Cc1sc2ncnc(SCCC(N)=O)c2c1-c1ccc(F)cc1. The summed E-state index contributed by atoms with van der Waals surface area (Å²) in [6.45, 7) is 2.02. The van der Waals surface area contributed by atoms with Crippen LogP contribution in [0.15, 0.2) is 35.6 Å². The largest absolute Gasteiger partial charge is 0.370 e. The quantitative estimate of drug-likeness (QED) is 0.563. The molecule has 0 spiro atoms. The Labute approximate surface area is 140 Å². The number of aryl methyl sites for hydroxylation is 1. The minimum atomic E-state index is -0.331. The van der Waals surface area contributed by atoms with Crippen molar-refractivity contribution in [2.45, 2.75) is 18.4 Å². The lowest BCUT2D eigenvalue weighted by Gasteiger charge is -2.06. The minimum Gasteiger partial charge on any atom is -0.370 e. The van der Waals surface area contributed by atoms with E-state index in [0.29, 0.717) is 12.2 Å². The van der Waals surface area contributed by atoms with Crippen LogP contribution < -0.4 is 5.73 Å². The molecule has 0 aliphatic heterocycles. The van der Waals surface area contributed by atoms with Gasteiger partial charge in [-0.15, -0.1) is 23.1 Å². The Morgan fingerprint density at radius 2 is 2.04 bits per heavy atom. The van der Waals surface area contributed by atoms with Crippen LogP contribution in [0.2, 0.25) is 0 Å². The van der Waals surface area contributed by atoms with E-state index in [1.807, 2.05) is 6.92 Å². The second kappa shape index (κ2) is 6.64. The van der Waals surface area contributed by atoms with E-state index >= 15 is 0 Å². The molecule has 2 N–H and O–H groups in total. The Kier molecular flexibility index (Phi) is 4.58. The molecular weight excluding hydrogens is 333 g/mol. The normalized spacial score (nSPS) is 11.0. The van der Waals surface area contributed by atoms with Gasteiger partial charge in [0, 0.05) is 22.6 Å². The average Bonchev–Trinajstić information content (AvgIpc) is 2.85. The molecule has 7 heteroatoms. The summed E-state index contributed by atoms with van der Waals surface area (Å²) in [6.07, 6.45) is 1.82. The molecule has 0 atom stereocenters. The Morgan fingerprint density at radius 1 is 1.30 bits per heavy atom. The lowest BCUT2D eigenvalue weighted by molar-refractivity contribution is -0.117. The molecule has 2 aromatic heterocycles. The third kappa shape index (κ3) is 3.35. The van der Waals surface area contributed by atoms with Crippen molar-refractivity contribution in [3.05, 3.63) is 41.3 Å². The van der Waals surface area contributed by atoms with Crippen LogP contribution in [0.25, 0.3) is 21.3 Å². The summed E-state index contributed by atoms with van der Waals surface area (Å²) in [4.78, 5) is 21.6. The van der Waals surface area contributed by atoms with E-state index in [9.17, 15) is 9.18 Å².